The zero-order valence-corrected chi connectivity index (χ0v) is 14.3. The number of tetrazole rings is 1. The lowest BCUT2D eigenvalue weighted by Crippen LogP contribution is -2.22. The highest BCUT2D eigenvalue weighted by Crippen LogP contribution is 2.30. The smallest absolute Gasteiger partial charge is 0.177 e. The Labute approximate surface area is 130 Å². The van der Waals surface area contributed by atoms with Crippen LogP contribution in [-0.2, 0) is 5.41 Å². The molecule has 1 unspecified atom stereocenters. The molecular weight excluding hydrogens is 260 g/mol. The molecule has 122 valence electrons. The van der Waals surface area contributed by atoms with Crippen LogP contribution < -0.4 is 0 Å². The number of nitrogens with one attached hydrogen (secondary N) is 1. The third-order valence-electron chi connectivity index (χ3n) is 4.75. The number of aromatic nitrogens is 4. The van der Waals surface area contributed by atoms with Crippen LogP contribution in [0.1, 0.15) is 104 Å². The topological polar surface area (TPSA) is 54.5 Å². The molecule has 0 aromatic carbocycles. The van der Waals surface area contributed by atoms with E-state index >= 15 is 0 Å². The summed E-state index contributed by atoms with van der Waals surface area (Å²) in [5.74, 6) is 0.876. The van der Waals surface area contributed by atoms with Crippen LogP contribution in [0.3, 0.4) is 0 Å². The highest BCUT2D eigenvalue weighted by molar-refractivity contribution is 5.01. The van der Waals surface area contributed by atoms with Crippen LogP contribution in [0.25, 0.3) is 0 Å². The predicted octanol–water partition coefficient (Wildman–Crippen LogP) is 5.18. The van der Waals surface area contributed by atoms with Crippen molar-refractivity contribution in [2.45, 2.75) is 103 Å². The molecule has 21 heavy (non-hydrogen) atoms. The molecule has 1 heterocycles. The minimum Gasteiger partial charge on any atom is -0.177 e. The molecule has 0 saturated carbocycles. The Hall–Kier alpha value is -0.930. The molecule has 0 saturated heterocycles. The van der Waals surface area contributed by atoms with Crippen molar-refractivity contribution in [3.05, 3.63) is 5.82 Å². The minimum absolute atomic E-state index is 0.0904. The van der Waals surface area contributed by atoms with Crippen molar-refractivity contribution < 1.29 is 0 Å². The van der Waals surface area contributed by atoms with E-state index in [1.807, 2.05) is 0 Å². The number of unbranched alkanes of at least 4 members (excludes halogenated alkanes) is 9. The van der Waals surface area contributed by atoms with Crippen LogP contribution in [0, 0.1) is 0 Å². The molecule has 4 heteroatoms. The van der Waals surface area contributed by atoms with Gasteiger partial charge in [0.25, 0.3) is 0 Å². The molecule has 1 N–H and O–H groups in total. The number of rotatable bonds is 13. The van der Waals surface area contributed by atoms with Gasteiger partial charge in [0.05, 0.1) is 0 Å². The Morgan fingerprint density at radius 2 is 1.43 bits per heavy atom. The third-order valence-corrected chi connectivity index (χ3v) is 4.75. The minimum atomic E-state index is 0.0904. The summed E-state index contributed by atoms with van der Waals surface area (Å²) >= 11 is 0. The first kappa shape index (κ1) is 18.1. The van der Waals surface area contributed by atoms with E-state index in [-0.39, 0.29) is 5.41 Å². The second kappa shape index (κ2) is 10.7. The van der Waals surface area contributed by atoms with Crippen LogP contribution in [-0.4, -0.2) is 20.6 Å². The predicted molar refractivity (Wildman–Crippen MR) is 88.3 cm³/mol. The lowest BCUT2D eigenvalue weighted by Gasteiger charge is -2.24. The molecule has 0 radical (unpaired) electrons. The fourth-order valence-electron chi connectivity index (χ4n) is 2.87. The van der Waals surface area contributed by atoms with Crippen molar-refractivity contribution in [1.82, 2.24) is 20.6 Å². The average molecular weight is 294 g/mol. The maximum Gasteiger partial charge on any atom is 0.180 e. The van der Waals surface area contributed by atoms with Gasteiger partial charge in [-0.05, 0) is 12.8 Å². The van der Waals surface area contributed by atoms with Gasteiger partial charge in [-0.25, -0.2) is 0 Å². The standard InChI is InChI=1S/C17H34N4/c1-4-6-7-8-9-10-11-12-13-14-15-17(3,5-2)16-18-20-21-19-16/h4-15H2,1-3H3,(H,18,19,20,21). The highest BCUT2D eigenvalue weighted by atomic mass is 15.5. The van der Waals surface area contributed by atoms with E-state index in [0.29, 0.717) is 0 Å². The number of aromatic amines is 1. The summed E-state index contributed by atoms with van der Waals surface area (Å²) in [5.41, 5.74) is 0.0904. The van der Waals surface area contributed by atoms with Crippen LogP contribution in [0.2, 0.25) is 0 Å². The van der Waals surface area contributed by atoms with Gasteiger partial charge in [0.15, 0.2) is 5.82 Å². The Kier molecular flexibility index (Phi) is 9.27. The van der Waals surface area contributed by atoms with Crippen molar-refractivity contribution >= 4 is 0 Å². The summed E-state index contributed by atoms with van der Waals surface area (Å²) in [5, 5.41) is 14.6. The molecule has 0 aliphatic carbocycles. The first-order valence-corrected chi connectivity index (χ1v) is 8.97. The second-order valence-electron chi connectivity index (χ2n) is 6.58. The Morgan fingerprint density at radius 1 is 0.857 bits per heavy atom. The van der Waals surface area contributed by atoms with Gasteiger partial charge in [0, 0.05) is 5.41 Å². The highest BCUT2D eigenvalue weighted by Gasteiger charge is 2.28. The summed E-state index contributed by atoms with van der Waals surface area (Å²) < 4.78 is 0. The monoisotopic (exact) mass is 294 g/mol. The fourth-order valence-corrected chi connectivity index (χ4v) is 2.87. The van der Waals surface area contributed by atoms with Gasteiger partial charge < -0.3 is 0 Å². The lowest BCUT2D eigenvalue weighted by atomic mass is 9.81. The first-order valence-electron chi connectivity index (χ1n) is 8.97. The zero-order chi connectivity index (χ0) is 15.4. The van der Waals surface area contributed by atoms with E-state index in [1.165, 1.54) is 70.6 Å². The molecule has 1 atom stereocenters. The van der Waals surface area contributed by atoms with E-state index < -0.39 is 0 Å². The average Bonchev–Trinajstić information content (AvgIpc) is 3.04. The lowest BCUT2D eigenvalue weighted by molar-refractivity contribution is 0.373. The van der Waals surface area contributed by atoms with Gasteiger partial charge >= 0.3 is 0 Å². The van der Waals surface area contributed by atoms with Gasteiger partial charge in [0.1, 0.15) is 0 Å². The molecule has 0 spiro atoms. The maximum atomic E-state index is 4.18. The summed E-state index contributed by atoms with van der Waals surface area (Å²) in [6.45, 7) is 6.75. The molecule has 1 aromatic rings. The van der Waals surface area contributed by atoms with E-state index in [1.54, 1.807) is 0 Å². The summed E-state index contributed by atoms with van der Waals surface area (Å²) in [7, 11) is 0. The molecule has 0 fully saturated rings. The van der Waals surface area contributed by atoms with Crippen molar-refractivity contribution in [3.8, 4) is 0 Å². The Balaban J connectivity index is 2.03. The van der Waals surface area contributed by atoms with Crippen molar-refractivity contribution in [1.29, 1.82) is 0 Å². The summed E-state index contributed by atoms with van der Waals surface area (Å²) in [4.78, 5) is 0. The van der Waals surface area contributed by atoms with Gasteiger partial charge in [-0.1, -0.05) is 90.2 Å². The molecule has 0 bridgehead atoms. The molecule has 4 nitrogen and oxygen atoms in total. The molecule has 0 aliphatic rings. The first-order chi connectivity index (χ1) is 10.2. The summed E-state index contributed by atoms with van der Waals surface area (Å²) in [6, 6.07) is 0. The number of nitrogens with zero attached hydrogens (tertiary/aromatic N) is 3. The number of hydrogen-bond acceptors (Lipinski definition) is 3. The van der Waals surface area contributed by atoms with Crippen molar-refractivity contribution in [3.63, 3.8) is 0 Å². The van der Waals surface area contributed by atoms with Crippen LogP contribution in [0.15, 0.2) is 0 Å². The van der Waals surface area contributed by atoms with Crippen molar-refractivity contribution in [2.24, 2.45) is 0 Å². The molecule has 1 rings (SSSR count). The zero-order valence-electron chi connectivity index (χ0n) is 14.3. The van der Waals surface area contributed by atoms with Gasteiger partial charge in [-0.3, -0.25) is 0 Å². The Bertz CT molecular complexity index is 337. The van der Waals surface area contributed by atoms with Gasteiger partial charge in [-0.2, -0.15) is 5.21 Å². The Morgan fingerprint density at radius 3 is 1.90 bits per heavy atom. The molecule has 0 amide bonds. The number of hydrogen-bond donors (Lipinski definition) is 1. The second-order valence-corrected chi connectivity index (χ2v) is 6.58. The van der Waals surface area contributed by atoms with E-state index in [4.69, 9.17) is 0 Å². The quantitative estimate of drug-likeness (QED) is 0.510. The normalized spacial score (nSPS) is 14.2. The van der Waals surface area contributed by atoms with Crippen molar-refractivity contribution in [2.75, 3.05) is 0 Å². The van der Waals surface area contributed by atoms with Crippen LogP contribution in [0.5, 0.6) is 0 Å². The van der Waals surface area contributed by atoms with E-state index in [9.17, 15) is 0 Å². The van der Waals surface area contributed by atoms with Crippen LogP contribution >= 0.6 is 0 Å². The number of H-pyrrole nitrogens is 1. The van der Waals surface area contributed by atoms with Crippen LogP contribution in [0.4, 0.5) is 0 Å². The SMILES string of the molecule is CCCCCCCCCCCCC(C)(CC)c1nn[nH]n1. The summed E-state index contributed by atoms with van der Waals surface area (Å²) in [6.07, 6.45) is 16.1. The van der Waals surface area contributed by atoms with Gasteiger partial charge in [-0.15, -0.1) is 10.2 Å². The van der Waals surface area contributed by atoms with Gasteiger partial charge in [0.2, 0.25) is 0 Å². The third kappa shape index (κ3) is 7.05. The van der Waals surface area contributed by atoms with E-state index in [2.05, 4.69) is 41.4 Å². The van der Waals surface area contributed by atoms with E-state index in [0.717, 1.165) is 12.2 Å². The maximum absolute atomic E-state index is 4.18. The largest absolute Gasteiger partial charge is 0.180 e. The molecule has 0 aliphatic heterocycles. The molecular formula is C17H34N4. The molecule has 1 aromatic heterocycles. The fraction of sp³-hybridized carbons (Fsp3) is 0.941.